The van der Waals surface area contributed by atoms with Gasteiger partial charge in [0.15, 0.2) is 6.10 Å². The number of aliphatic hydroxyl groups is 1. The molecule has 16 heavy (non-hydrogen) atoms. The number of carbonyl (C=O) groups excluding carboxylic acids is 1. The lowest BCUT2D eigenvalue weighted by Gasteiger charge is -2.09. The van der Waals surface area contributed by atoms with E-state index >= 15 is 0 Å². The summed E-state index contributed by atoms with van der Waals surface area (Å²) in [6.45, 7) is 3.90. The molecule has 1 atom stereocenters. The first-order valence-electron chi connectivity index (χ1n) is 5.21. The molecular weight excluding hydrogens is 214 g/mol. The molecule has 0 rings (SSSR count). The van der Waals surface area contributed by atoms with Gasteiger partial charge in [0.1, 0.15) is 0 Å². The summed E-state index contributed by atoms with van der Waals surface area (Å²) >= 11 is 0. The number of rotatable bonds is 8. The molecule has 0 radical (unpaired) electrons. The van der Waals surface area contributed by atoms with Gasteiger partial charge < -0.3 is 26.2 Å². The second-order valence-corrected chi connectivity index (χ2v) is 3.20. The van der Waals surface area contributed by atoms with Crippen LogP contribution in [0.3, 0.4) is 0 Å². The van der Waals surface area contributed by atoms with Crippen LogP contribution in [0.5, 0.6) is 0 Å². The van der Waals surface area contributed by atoms with Crippen LogP contribution in [0, 0.1) is 0 Å². The van der Waals surface area contributed by atoms with E-state index in [9.17, 15) is 9.59 Å². The van der Waals surface area contributed by atoms with Crippen molar-refractivity contribution >= 4 is 12.0 Å². The van der Waals surface area contributed by atoms with Gasteiger partial charge in [-0.1, -0.05) is 6.92 Å². The summed E-state index contributed by atoms with van der Waals surface area (Å²) in [6, 6.07) is -0.475. The summed E-state index contributed by atoms with van der Waals surface area (Å²) in [5.41, 5.74) is 0. The van der Waals surface area contributed by atoms with Crippen LogP contribution in [0.4, 0.5) is 4.79 Å². The minimum absolute atomic E-state index is 0.297. The van der Waals surface area contributed by atoms with Crippen molar-refractivity contribution in [1.29, 1.82) is 0 Å². The molecule has 7 heteroatoms. The molecule has 0 aliphatic heterocycles. The number of aliphatic hydroxyl groups excluding tert-OH is 1. The van der Waals surface area contributed by atoms with Gasteiger partial charge in [0.05, 0.1) is 6.54 Å². The maximum Gasteiger partial charge on any atom is 0.334 e. The third kappa shape index (κ3) is 8.01. The lowest BCUT2D eigenvalue weighted by Crippen LogP contribution is -2.42. The van der Waals surface area contributed by atoms with Crippen LogP contribution in [0.1, 0.15) is 13.3 Å². The molecule has 0 aliphatic rings. The molecule has 2 amide bonds. The lowest BCUT2D eigenvalue weighted by atomic mass is 10.3. The molecule has 0 spiro atoms. The third-order valence-corrected chi connectivity index (χ3v) is 1.81. The van der Waals surface area contributed by atoms with E-state index in [1.165, 1.54) is 0 Å². The van der Waals surface area contributed by atoms with E-state index < -0.39 is 18.1 Å². The Bertz CT molecular complexity index is 223. The maximum atomic E-state index is 11.1. The molecule has 94 valence electrons. The number of aliphatic carboxylic acids is 1. The SMILES string of the molecule is CCNCCCNC(=O)NC[C@H](O)C(=O)O. The first-order valence-corrected chi connectivity index (χ1v) is 5.21. The topological polar surface area (TPSA) is 111 Å². The Morgan fingerprint density at radius 3 is 2.50 bits per heavy atom. The van der Waals surface area contributed by atoms with Crippen LogP contribution >= 0.6 is 0 Å². The van der Waals surface area contributed by atoms with E-state index in [1.54, 1.807) is 0 Å². The van der Waals surface area contributed by atoms with Gasteiger partial charge >= 0.3 is 12.0 Å². The minimum atomic E-state index is -1.56. The van der Waals surface area contributed by atoms with Crippen molar-refractivity contribution in [3.05, 3.63) is 0 Å². The van der Waals surface area contributed by atoms with Gasteiger partial charge in [-0.25, -0.2) is 9.59 Å². The van der Waals surface area contributed by atoms with Crippen molar-refractivity contribution in [2.24, 2.45) is 0 Å². The third-order valence-electron chi connectivity index (χ3n) is 1.81. The highest BCUT2D eigenvalue weighted by atomic mass is 16.4. The van der Waals surface area contributed by atoms with Gasteiger partial charge in [0, 0.05) is 6.54 Å². The number of urea groups is 1. The number of carboxylic acid groups (broad SMARTS) is 1. The van der Waals surface area contributed by atoms with Gasteiger partial charge in [0.25, 0.3) is 0 Å². The van der Waals surface area contributed by atoms with Crippen LogP contribution in [0.2, 0.25) is 0 Å². The second kappa shape index (κ2) is 8.93. The van der Waals surface area contributed by atoms with Crippen molar-refractivity contribution in [3.8, 4) is 0 Å². The average molecular weight is 233 g/mol. The Hall–Kier alpha value is -1.34. The highest BCUT2D eigenvalue weighted by Crippen LogP contribution is 1.80. The lowest BCUT2D eigenvalue weighted by molar-refractivity contribution is -0.146. The van der Waals surface area contributed by atoms with E-state index in [-0.39, 0.29) is 6.54 Å². The normalized spacial score (nSPS) is 11.9. The highest BCUT2D eigenvalue weighted by molar-refractivity contribution is 5.76. The molecule has 5 N–H and O–H groups in total. The summed E-state index contributed by atoms with van der Waals surface area (Å²) in [5.74, 6) is -1.35. The molecule has 0 aliphatic carbocycles. The second-order valence-electron chi connectivity index (χ2n) is 3.20. The van der Waals surface area contributed by atoms with E-state index in [0.29, 0.717) is 6.54 Å². The van der Waals surface area contributed by atoms with E-state index in [0.717, 1.165) is 19.5 Å². The van der Waals surface area contributed by atoms with Crippen LogP contribution in [0.15, 0.2) is 0 Å². The number of carbonyl (C=O) groups is 2. The van der Waals surface area contributed by atoms with Crippen molar-refractivity contribution in [3.63, 3.8) is 0 Å². The first kappa shape index (κ1) is 14.7. The van der Waals surface area contributed by atoms with Crippen molar-refractivity contribution in [2.45, 2.75) is 19.4 Å². The number of carboxylic acids is 1. The monoisotopic (exact) mass is 233 g/mol. The molecule has 0 aromatic heterocycles. The minimum Gasteiger partial charge on any atom is -0.479 e. The van der Waals surface area contributed by atoms with Crippen molar-refractivity contribution < 1.29 is 19.8 Å². The van der Waals surface area contributed by atoms with Crippen molar-refractivity contribution in [2.75, 3.05) is 26.2 Å². The Morgan fingerprint density at radius 2 is 1.94 bits per heavy atom. The zero-order valence-electron chi connectivity index (χ0n) is 9.32. The molecule has 0 saturated carbocycles. The Labute approximate surface area is 94.2 Å². The quantitative estimate of drug-likeness (QED) is 0.336. The summed E-state index contributed by atoms with van der Waals surface area (Å²) in [7, 11) is 0. The summed E-state index contributed by atoms with van der Waals surface area (Å²) < 4.78 is 0. The molecule has 0 unspecified atom stereocenters. The molecule has 0 aromatic rings. The van der Waals surface area contributed by atoms with Crippen LogP contribution in [-0.4, -0.2) is 54.5 Å². The van der Waals surface area contributed by atoms with E-state index in [1.807, 2.05) is 6.92 Å². The predicted octanol–water partition coefficient (Wildman–Crippen LogP) is -1.27. The van der Waals surface area contributed by atoms with Crippen molar-refractivity contribution in [1.82, 2.24) is 16.0 Å². The maximum absolute atomic E-state index is 11.1. The predicted molar refractivity (Wildman–Crippen MR) is 58.2 cm³/mol. The summed E-state index contributed by atoms with van der Waals surface area (Å²) in [4.78, 5) is 21.3. The van der Waals surface area contributed by atoms with Gasteiger partial charge in [-0.15, -0.1) is 0 Å². The van der Waals surface area contributed by atoms with Gasteiger partial charge in [-0.3, -0.25) is 0 Å². The average Bonchev–Trinajstić information content (AvgIpc) is 2.25. The van der Waals surface area contributed by atoms with Gasteiger partial charge in [-0.2, -0.15) is 0 Å². The number of nitrogens with one attached hydrogen (secondary N) is 3. The van der Waals surface area contributed by atoms with Gasteiger partial charge in [0.2, 0.25) is 0 Å². The Morgan fingerprint density at radius 1 is 1.25 bits per heavy atom. The molecule has 7 nitrogen and oxygen atoms in total. The smallest absolute Gasteiger partial charge is 0.334 e. The fourth-order valence-electron chi connectivity index (χ4n) is 0.931. The Balaban J connectivity index is 3.41. The Kier molecular flexibility index (Phi) is 8.18. The van der Waals surface area contributed by atoms with Crippen LogP contribution in [0.25, 0.3) is 0 Å². The van der Waals surface area contributed by atoms with Gasteiger partial charge in [-0.05, 0) is 19.5 Å². The molecule has 0 bridgehead atoms. The first-order chi connectivity index (χ1) is 7.57. The molecule has 0 saturated heterocycles. The number of hydrogen-bond donors (Lipinski definition) is 5. The van der Waals surface area contributed by atoms with Crippen LogP contribution < -0.4 is 16.0 Å². The zero-order chi connectivity index (χ0) is 12.4. The summed E-state index contributed by atoms with van der Waals surface area (Å²) in [5, 5.41) is 25.1. The fraction of sp³-hybridized carbons (Fsp3) is 0.778. The largest absolute Gasteiger partial charge is 0.479 e. The van der Waals surface area contributed by atoms with Crippen LogP contribution in [-0.2, 0) is 4.79 Å². The molecule has 0 fully saturated rings. The fourth-order valence-corrected chi connectivity index (χ4v) is 0.931. The molecule has 0 aromatic carbocycles. The van der Waals surface area contributed by atoms with E-state index in [4.69, 9.17) is 10.2 Å². The molecular formula is C9H19N3O4. The standard InChI is InChI=1S/C9H19N3O4/c1-2-10-4-3-5-11-9(16)12-6-7(13)8(14)15/h7,10,13H,2-6H2,1H3,(H,14,15)(H2,11,12,16)/t7-/m0/s1. The zero-order valence-corrected chi connectivity index (χ0v) is 9.32. The number of hydrogen-bond acceptors (Lipinski definition) is 4. The highest BCUT2D eigenvalue weighted by Gasteiger charge is 2.13. The summed E-state index contributed by atoms with van der Waals surface area (Å²) in [6.07, 6.45) is -0.768. The van der Waals surface area contributed by atoms with E-state index in [2.05, 4.69) is 16.0 Å². The molecule has 0 heterocycles. The number of amides is 2.